The first-order valence-corrected chi connectivity index (χ1v) is 10.6. The standard InChI is InChI=1S/C25H30O2/c1-2-3-4-5-18-6-8-19(9-7-18)20-12-14-23(15-13-20)27-25(26)17-22-16-24(22)21-10-11-21/h6-9,12-15,21-22,24H,2-5,10-11,16-17H2,1H3/t22-,24+/m0/s1. The molecule has 0 heterocycles. The third-order valence-electron chi connectivity index (χ3n) is 6.08. The molecule has 2 saturated carbocycles. The molecule has 2 heteroatoms. The highest BCUT2D eigenvalue weighted by atomic mass is 16.5. The van der Waals surface area contributed by atoms with Gasteiger partial charge in [0.25, 0.3) is 0 Å². The van der Waals surface area contributed by atoms with Gasteiger partial charge in [-0.15, -0.1) is 0 Å². The molecule has 0 unspecified atom stereocenters. The van der Waals surface area contributed by atoms with Gasteiger partial charge in [0.15, 0.2) is 0 Å². The van der Waals surface area contributed by atoms with Crippen molar-refractivity contribution in [2.75, 3.05) is 0 Å². The van der Waals surface area contributed by atoms with Crippen LogP contribution in [0.4, 0.5) is 0 Å². The maximum absolute atomic E-state index is 12.1. The summed E-state index contributed by atoms with van der Waals surface area (Å²) in [5.74, 6) is 2.89. The van der Waals surface area contributed by atoms with Crippen molar-refractivity contribution in [3.8, 4) is 16.9 Å². The summed E-state index contributed by atoms with van der Waals surface area (Å²) >= 11 is 0. The van der Waals surface area contributed by atoms with E-state index in [0.29, 0.717) is 18.1 Å². The fourth-order valence-corrected chi connectivity index (χ4v) is 4.15. The van der Waals surface area contributed by atoms with Gasteiger partial charge in [-0.1, -0.05) is 56.2 Å². The molecule has 0 bridgehead atoms. The van der Waals surface area contributed by atoms with E-state index in [4.69, 9.17) is 4.74 Å². The van der Waals surface area contributed by atoms with Gasteiger partial charge >= 0.3 is 5.97 Å². The van der Waals surface area contributed by atoms with Crippen LogP contribution >= 0.6 is 0 Å². The predicted molar refractivity (Wildman–Crippen MR) is 110 cm³/mol. The van der Waals surface area contributed by atoms with Crippen LogP contribution in [0.1, 0.15) is 57.4 Å². The topological polar surface area (TPSA) is 26.3 Å². The normalized spacial score (nSPS) is 21.1. The molecule has 2 nitrogen and oxygen atoms in total. The first kappa shape index (κ1) is 18.3. The number of esters is 1. The molecule has 2 aliphatic carbocycles. The summed E-state index contributed by atoms with van der Waals surface area (Å²) in [7, 11) is 0. The van der Waals surface area contributed by atoms with Crippen LogP contribution in [-0.4, -0.2) is 5.97 Å². The minimum Gasteiger partial charge on any atom is -0.427 e. The molecule has 0 saturated heterocycles. The second kappa shape index (κ2) is 8.29. The summed E-state index contributed by atoms with van der Waals surface area (Å²) in [6, 6.07) is 16.7. The molecule has 0 aliphatic heterocycles. The highest BCUT2D eigenvalue weighted by Gasteiger charge is 2.48. The van der Waals surface area contributed by atoms with E-state index in [-0.39, 0.29) is 5.97 Å². The number of unbranched alkanes of at least 4 members (excludes halogenated alkanes) is 2. The lowest BCUT2D eigenvalue weighted by Gasteiger charge is -2.07. The number of ether oxygens (including phenoxy) is 1. The molecule has 2 fully saturated rings. The van der Waals surface area contributed by atoms with Crippen LogP contribution in [-0.2, 0) is 11.2 Å². The zero-order valence-corrected chi connectivity index (χ0v) is 16.3. The summed E-state index contributed by atoms with van der Waals surface area (Å²) in [5.41, 5.74) is 3.77. The molecule has 2 aliphatic rings. The summed E-state index contributed by atoms with van der Waals surface area (Å²) < 4.78 is 5.54. The molecule has 0 spiro atoms. The number of carbonyl (C=O) groups excluding carboxylic acids is 1. The lowest BCUT2D eigenvalue weighted by atomic mass is 10.0. The highest BCUT2D eigenvalue weighted by molar-refractivity contribution is 5.73. The monoisotopic (exact) mass is 362 g/mol. The lowest BCUT2D eigenvalue weighted by Crippen LogP contribution is -2.09. The Kier molecular flexibility index (Phi) is 5.61. The van der Waals surface area contributed by atoms with E-state index in [1.165, 1.54) is 49.7 Å². The fraction of sp³-hybridized carbons (Fsp3) is 0.480. The quantitative estimate of drug-likeness (QED) is 0.292. The minimum absolute atomic E-state index is 0.0765. The van der Waals surface area contributed by atoms with Crippen LogP contribution in [0.3, 0.4) is 0 Å². The Bertz CT molecular complexity index is 756. The molecular formula is C25H30O2. The maximum Gasteiger partial charge on any atom is 0.311 e. The zero-order valence-electron chi connectivity index (χ0n) is 16.3. The number of benzene rings is 2. The van der Waals surface area contributed by atoms with Crippen molar-refractivity contribution >= 4 is 5.97 Å². The van der Waals surface area contributed by atoms with Crippen LogP contribution in [0.25, 0.3) is 11.1 Å². The van der Waals surface area contributed by atoms with Gasteiger partial charge < -0.3 is 4.74 Å². The molecular weight excluding hydrogens is 332 g/mol. The molecule has 0 amide bonds. The Morgan fingerprint density at radius 2 is 1.63 bits per heavy atom. The van der Waals surface area contributed by atoms with Crippen molar-refractivity contribution in [1.29, 1.82) is 0 Å². The SMILES string of the molecule is CCCCCc1ccc(-c2ccc(OC(=O)C[C@@H]3C[C@@H]3C3CC3)cc2)cc1. The molecule has 0 N–H and O–H groups in total. The third kappa shape index (κ3) is 5.00. The summed E-state index contributed by atoms with van der Waals surface area (Å²) in [4.78, 5) is 12.1. The number of carbonyl (C=O) groups is 1. The van der Waals surface area contributed by atoms with Gasteiger partial charge in [0.1, 0.15) is 5.75 Å². The van der Waals surface area contributed by atoms with Crippen LogP contribution in [0.2, 0.25) is 0 Å². The van der Waals surface area contributed by atoms with Crippen LogP contribution in [0, 0.1) is 17.8 Å². The third-order valence-corrected chi connectivity index (χ3v) is 6.08. The largest absolute Gasteiger partial charge is 0.427 e. The first-order valence-electron chi connectivity index (χ1n) is 10.6. The predicted octanol–water partition coefficient (Wildman–Crippen LogP) is 6.43. The summed E-state index contributed by atoms with van der Waals surface area (Å²) in [6.45, 7) is 2.24. The van der Waals surface area contributed by atoms with Gasteiger partial charge in [-0.05, 0) is 78.7 Å². The maximum atomic E-state index is 12.1. The Balaban J connectivity index is 1.28. The van der Waals surface area contributed by atoms with E-state index in [1.54, 1.807) is 0 Å². The fourth-order valence-electron chi connectivity index (χ4n) is 4.15. The van der Waals surface area contributed by atoms with E-state index in [1.807, 2.05) is 24.3 Å². The van der Waals surface area contributed by atoms with Crippen molar-refractivity contribution in [3.05, 3.63) is 54.1 Å². The van der Waals surface area contributed by atoms with Crippen LogP contribution in [0.15, 0.2) is 48.5 Å². The summed E-state index contributed by atoms with van der Waals surface area (Å²) in [6.07, 6.45) is 9.54. The lowest BCUT2D eigenvalue weighted by molar-refractivity contribution is -0.134. The molecule has 0 aromatic heterocycles. The number of aryl methyl sites for hydroxylation is 1. The number of rotatable bonds is 9. The second-order valence-corrected chi connectivity index (χ2v) is 8.35. The molecule has 2 atom stereocenters. The van der Waals surface area contributed by atoms with Crippen molar-refractivity contribution in [2.45, 2.75) is 58.3 Å². The highest BCUT2D eigenvalue weighted by Crippen LogP contribution is 2.55. The van der Waals surface area contributed by atoms with Crippen molar-refractivity contribution in [1.82, 2.24) is 0 Å². The zero-order chi connectivity index (χ0) is 18.6. The van der Waals surface area contributed by atoms with Gasteiger partial charge in [-0.25, -0.2) is 0 Å². The van der Waals surface area contributed by atoms with Crippen molar-refractivity contribution < 1.29 is 9.53 Å². The summed E-state index contributed by atoms with van der Waals surface area (Å²) in [5, 5.41) is 0. The number of hydrogen-bond donors (Lipinski definition) is 0. The molecule has 2 aromatic carbocycles. The van der Waals surface area contributed by atoms with E-state index >= 15 is 0 Å². The molecule has 0 radical (unpaired) electrons. The molecule has 27 heavy (non-hydrogen) atoms. The van der Waals surface area contributed by atoms with E-state index in [2.05, 4.69) is 31.2 Å². The first-order chi connectivity index (χ1) is 13.2. The number of hydrogen-bond acceptors (Lipinski definition) is 2. The van der Waals surface area contributed by atoms with E-state index < -0.39 is 0 Å². The van der Waals surface area contributed by atoms with Crippen LogP contribution < -0.4 is 4.74 Å². The average molecular weight is 363 g/mol. The Hall–Kier alpha value is -2.09. The van der Waals surface area contributed by atoms with Crippen LogP contribution in [0.5, 0.6) is 5.75 Å². The average Bonchev–Trinajstić information content (AvgIpc) is 3.58. The van der Waals surface area contributed by atoms with Gasteiger partial charge in [0.2, 0.25) is 0 Å². The van der Waals surface area contributed by atoms with Gasteiger partial charge in [0, 0.05) is 6.42 Å². The van der Waals surface area contributed by atoms with E-state index in [9.17, 15) is 4.79 Å². The van der Waals surface area contributed by atoms with Gasteiger partial charge in [0.05, 0.1) is 0 Å². The van der Waals surface area contributed by atoms with Crippen molar-refractivity contribution in [3.63, 3.8) is 0 Å². The van der Waals surface area contributed by atoms with Gasteiger partial charge in [-0.2, -0.15) is 0 Å². The van der Waals surface area contributed by atoms with E-state index in [0.717, 1.165) is 23.8 Å². The van der Waals surface area contributed by atoms with Gasteiger partial charge in [-0.3, -0.25) is 4.79 Å². The smallest absolute Gasteiger partial charge is 0.311 e. The van der Waals surface area contributed by atoms with Crippen molar-refractivity contribution in [2.24, 2.45) is 17.8 Å². The minimum atomic E-state index is -0.0765. The Morgan fingerprint density at radius 3 is 2.26 bits per heavy atom. The molecule has 4 rings (SSSR count). The Morgan fingerprint density at radius 1 is 0.963 bits per heavy atom. The molecule has 142 valence electrons. The molecule has 2 aromatic rings. The Labute approximate surface area is 162 Å². The second-order valence-electron chi connectivity index (χ2n) is 8.35.